The number of likely N-dealkylation sites (tertiary alicyclic amines) is 1. The normalized spacial score (nSPS) is 17.6. The molecule has 0 aromatic heterocycles. The van der Waals surface area contributed by atoms with Gasteiger partial charge in [-0.2, -0.15) is 0 Å². The molecule has 1 aliphatic heterocycles. The number of nitrogens with one attached hydrogen (secondary N) is 2. The van der Waals surface area contributed by atoms with Crippen LogP contribution < -0.4 is 10.6 Å². The van der Waals surface area contributed by atoms with E-state index in [-0.39, 0.29) is 35.8 Å². The number of aliphatic imine (C=N–C) groups is 1. The van der Waals surface area contributed by atoms with E-state index in [1.807, 2.05) is 13.8 Å². The zero-order chi connectivity index (χ0) is 16.4. The van der Waals surface area contributed by atoms with E-state index in [0.717, 1.165) is 32.0 Å². The third-order valence-electron chi connectivity index (χ3n) is 3.75. The molecule has 0 aliphatic carbocycles. The zero-order valence-corrected chi connectivity index (χ0v) is 17.8. The molecule has 0 radical (unpaired) electrons. The fourth-order valence-electron chi connectivity index (χ4n) is 2.51. The van der Waals surface area contributed by atoms with E-state index in [1.165, 1.54) is 32.2 Å². The van der Waals surface area contributed by atoms with Gasteiger partial charge in [-0.15, -0.1) is 24.0 Å². The van der Waals surface area contributed by atoms with Gasteiger partial charge in [0.05, 0.1) is 5.75 Å². The Kier molecular flexibility index (Phi) is 12.2. The molecule has 0 amide bonds. The Hall–Kier alpha value is -0.0900. The third kappa shape index (κ3) is 12.0. The van der Waals surface area contributed by atoms with Crippen molar-refractivity contribution in [1.82, 2.24) is 15.5 Å². The lowest BCUT2D eigenvalue weighted by Gasteiger charge is -2.18. The minimum Gasteiger partial charge on any atom is -0.357 e. The molecule has 1 rings (SSSR count). The second-order valence-electron chi connectivity index (χ2n) is 6.13. The van der Waals surface area contributed by atoms with Crippen molar-refractivity contribution >= 4 is 39.8 Å². The number of sulfone groups is 1. The van der Waals surface area contributed by atoms with E-state index >= 15 is 0 Å². The fraction of sp³-hybridized carbons (Fsp3) is 0.933. The quantitative estimate of drug-likeness (QED) is 0.236. The van der Waals surface area contributed by atoms with Gasteiger partial charge in [-0.3, -0.25) is 4.99 Å². The predicted octanol–water partition coefficient (Wildman–Crippen LogP) is 1.47. The van der Waals surface area contributed by atoms with Crippen molar-refractivity contribution in [3.63, 3.8) is 0 Å². The van der Waals surface area contributed by atoms with Crippen molar-refractivity contribution in [1.29, 1.82) is 0 Å². The van der Waals surface area contributed by atoms with Crippen LogP contribution in [0, 0.1) is 0 Å². The SMILES string of the molecule is CCNC(=NCCCN1CCCC1)NC(C)CCS(C)(=O)=O.I. The van der Waals surface area contributed by atoms with Gasteiger partial charge in [-0.05, 0) is 59.2 Å². The summed E-state index contributed by atoms with van der Waals surface area (Å²) in [7, 11) is -2.90. The standard InChI is InChI=1S/C15H32N4O2S.HI/c1-4-16-15(18-14(2)8-13-22(3,20)21)17-9-7-12-19-10-5-6-11-19;/h14H,4-13H2,1-3H3,(H2,16,17,18);1H. The molecule has 2 N–H and O–H groups in total. The summed E-state index contributed by atoms with van der Waals surface area (Å²) in [6.45, 7) is 9.19. The van der Waals surface area contributed by atoms with Gasteiger partial charge in [0.25, 0.3) is 0 Å². The van der Waals surface area contributed by atoms with E-state index in [9.17, 15) is 8.42 Å². The van der Waals surface area contributed by atoms with Crippen molar-refractivity contribution < 1.29 is 8.42 Å². The van der Waals surface area contributed by atoms with Gasteiger partial charge in [0.15, 0.2) is 5.96 Å². The van der Waals surface area contributed by atoms with Crippen molar-refractivity contribution in [3.8, 4) is 0 Å². The Morgan fingerprint density at radius 1 is 1.30 bits per heavy atom. The van der Waals surface area contributed by atoms with Gasteiger partial charge in [-0.25, -0.2) is 8.42 Å². The first-order valence-corrected chi connectivity index (χ1v) is 10.4. The van der Waals surface area contributed by atoms with Gasteiger partial charge in [0, 0.05) is 25.4 Å². The lowest BCUT2D eigenvalue weighted by molar-refractivity contribution is 0.336. The van der Waals surface area contributed by atoms with Crippen LogP contribution in [0.2, 0.25) is 0 Å². The van der Waals surface area contributed by atoms with E-state index in [0.29, 0.717) is 6.42 Å². The molecule has 23 heavy (non-hydrogen) atoms. The highest BCUT2D eigenvalue weighted by Crippen LogP contribution is 2.07. The van der Waals surface area contributed by atoms with E-state index < -0.39 is 9.84 Å². The van der Waals surface area contributed by atoms with E-state index in [2.05, 4.69) is 20.5 Å². The second kappa shape index (κ2) is 12.3. The topological polar surface area (TPSA) is 73.8 Å². The van der Waals surface area contributed by atoms with Crippen LogP contribution in [-0.4, -0.2) is 70.1 Å². The van der Waals surface area contributed by atoms with E-state index in [1.54, 1.807) is 0 Å². The Balaban J connectivity index is 0.00000484. The van der Waals surface area contributed by atoms with E-state index in [4.69, 9.17) is 0 Å². The molecular formula is C15H33IN4O2S. The summed E-state index contributed by atoms with van der Waals surface area (Å²) < 4.78 is 22.4. The molecule has 138 valence electrons. The fourth-order valence-corrected chi connectivity index (χ4v) is 3.29. The molecule has 0 aromatic rings. The number of nitrogens with zero attached hydrogens (tertiary/aromatic N) is 2. The van der Waals surface area contributed by atoms with Crippen molar-refractivity contribution in [2.24, 2.45) is 4.99 Å². The van der Waals surface area contributed by atoms with Crippen molar-refractivity contribution in [2.75, 3.05) is 44.7 Å². The molecule has 1 saturated heterocycles. The number of hydrogen-bond donors (Lipinski definition) is 2. The van der Waals surface area contributed by atoms with Crippen LogP contribution in [0.4, 0.5) is 0 Å². The van der Waals surface area contributed by atoms with Gasteiger partial charge in [0.1, 0.15) is 9.84 Å². The number of hydrogen-bond acceptors (Lipinski definition) is 4. The monoisotopic (exact) mass is 460 g/mol. The minimum atomic E-state index is -2.90. The largest absolute Gasteiger partial charge is 0.357 e. The van der Waals surface area contributed by atoms with Crippen LogP contribution in [0.15, 0.2) is 4.99 Å². The summed E-state index contributed by atoms with van der Waals surface area (Å²) in [5.74, 6) is 0.986. The third-order valence-corrected chi connectivity index (χ3v) is 4.73. The number of guanidine groups is 1. The number of rotatable bonds is 9. The summed E-state index contributed by atoms with van der Waals surface area (Å²) in [4.78, 5) is 7.07. The summed E-state index contributed by atoms with van der Waals surface area (Å²) in [5.41, 5.74) is 0. The molecule has 0 aromatic carbocycles. The summed E-state index contributed by atoms with van der Waals surface area (Å²) in [6.07, 6.45) is 5.58. The van der Waals surface area contributed by atoms with Gasteiger partial charge in [-0.1, -0.05) is 0 Å². The first kappa shape index (κ1) is 22.9. The average molecular weight is 460 g/mol. The smallest absolute Gasteiger partial charge is 0.191 e. The second-order valence-corrected chi connectivity index (χ2v) is 8.39. The molecule has 0 bridgehead atoms. The molecule has 1 heterocycles. The lowest BCUT2D eigenvalue weighted by atomic mass is 10.3. The summed E-state index contributed by atoms with van der Waals surface area (Å²) in [5, 5.41) is 6.49. The van der Waals surface area contributed by atoms with Crippen LogP contribution >= 0.6 is 24.0 Å². The van der Waals surface area contributed by atoms with Gasteiger partial charge < -0.3 is 15.5 Å². The molecule has 0 spiro atoms. The Bertz CT molecular complexity index is 437. The first-order chi connectivity index (χ1) is 10.4. The lowest BCUT2D eigenvalue weighted by Crippen LogP contribution is -2.43. The van der Waals surface area contributed by atoms with Crippen molar-refractivity contribution in [2.45, 2.75) is 45.6 Å². The first-order valence-electron chi connectivity index (χ1n) is 8.35. The van der Waals surface area contributed by atoms with Gasteiger partial charge >= 0.3 is 0 Å². The van der Waals surface area contributed by atoms with Gasteiger partial charge in [0.2, 0.25) is 0 Å². The Morgan fingerprint density at radius 3 is 2.52 bits per heavy atom. The number of halogens is 1. The van der Waals surface area contributed by atoms with Crippen LogP contribution in [0.1, 0.15) is 39.5 Å². The van der Waals surface area contributed by atoms with Crippen LogP contribution in [0.25, 0.3) is 0 Å². The maximum Gasteiger partial charge on any atom is 0.191 e. The molecule has 1 aliphatic rings. The van der Waals surface area contributed by atoms with Crippen LogP contribution in [0.5, 0.6) is 0 Å². The maximum absolute atomic E-state index is 11.2. The molecule has 1 unspecified atom stereocenters. The Labute approximate surface area is 158 Å². The maximum atomic E-state index is 11.2. The Morgan fingerprint density at radius 2 is 1.96 bits per heavy atom. The summed E-state index contributed by atoms with van der Waals surface area (Å²) >= 11 is 0. The highest BCUT2D eigenvalue weighted by molar-refractivity contribution is 14.0. The molecule has 6 nitrogen and oxygen atoms in total. The summed E-state index contributed by atoms with van der Waals surface area (Å²) in [6, 6.07) is 0.0890. The van der Waals surface area contributed by atoms with Crippen molar-refractivity contribution in [3.05, 3.63) is 0 Å². The predicted molar refractivity (Wildman–Crippen MR) is 109 cm³/mol. The molecule has 1 atom stereocenters. The highest BCUT2D eigenvalue weighted by atomic mass is 127. The molecular weight excluding hydrogens is 427 g/mol. The molecule has 1 fully saturated rings. The molecule has 0 saturated carbocycles. The van der Waals surface area contributed by atoms with Crippen LogP contribution in [-0.2, 0) is 9.84 Å². The minimum absolute atomic E-state index is 0. The average Bonchev–Trinajstić information content (AvgIpc) is 2.94. The highest BCUT2D eigenvalue weighted by Gasteiger charge is 2.11. The zero-order valence-electron chi connectivity index (χ0n) is 14.7. The molecule has 8 heteroatoms. The van der Waals surface area contributed by atoms with Crippen LogP contribution in [0.3, 0.4) is 0 Å².